The van der Waals surface area contributed by atoms with Gasteiger partial charge >= 0.3 is 0 Å². The van der Waals surface area contributed by atoms with Crippen molar-refractivity contribution in [1.82, 2.24) is 4.90 Å². The molecular formula is C13H18N2OS2. The largest absolute Gasteiger partial charge is 0.393 e. The van der Waals surface area contributed by atoms with Crippen molar-refractivity contribution < 1.29 is 4.21 Å². The molecule has 1 aliphatic heterocycles. The van der Waals surface area contributed by atoms with E-state index in [1.54, 1.807) is 0 Å². The van der Waals surface area contributed by atoms with Gasteiger partial charge < -0.3 is 10.6 Å². The van der Waals surface area contributed by atoms with Crippen LogP contribution >= 0.6 is 12.2 Å². The highest BCUT2D eigenvalue weighted by atomic mass is 32.2. The molecule has 1 heterocycles. The number of rotatable bonds is 4. The molecule has 0 radical (unpaired) electrons. The van der Waals surface area contributed by atoms with Crippen molar-refractivity contribution in [2.24, 2.45) is 5.73 Å². The molecule has 0 saturated carbocycles. The molecule has 1 atom stereocenters. The summed E-state index contributed by atoms with van der Waals surface area (Å²) in [5.41, 5.74) is 7.02. The first kappa shape index (κ1) is 13.6. The third-order valence-electron chi connectivity index (χ3n) is 3.26. The van der Waals surface area contributed by atoms with Gasteiger partial charge in [0.05, 0.1) is 4.99 Å². The van der Waals surface area contributed by atoms with Crippen LogP contribution in [0, 0.1) is 0 Å². The Kier molecular flexibility index (Phi) is 4.86. The Morgan fingerprint density at radius 3 is 2.50 bits per heavy atom. The Labute approximate surface area is 116 Å². The molecule has 1 saturated heterocycles. The van der Waals surface area contributed by atoms with Crippen LogP contribution < -0.4 is 5.73 Å². The summed E-state index contributed by atoms with van der Waals surface area (Å²) in [5.74, 6) is 1.62. The normalized spacial score (nSPS) is 19.6. The second kappa shape index (κ2) is 6.41. The summed E-state index contributed by atoms with van der Waals surface area (Å²) in [5, 5.41) is 0. The monoisotopic (exact) mass is 282 g/mol. The fourth-order valence-electron chi connectivity index (χ4n) is 2.16. The number of hydrogen-bond donors (Lipinski definition) is 1. The summed E-state index contributed by atoms with van der Waals surface area (Å²) < 4.78 is 11.3. The van der Waals surface area contributed by atoms with E-state index in [1.807, 2.05) is 18.2 Å². The summed E-state index contributed by atoms with van der Waals surface area (Å²) in [4.78, 5) is 2.84. The van der Waals surface area contributed by atoms with E-state index < -0.39 is 10.8 Å². The van der Waals surface area contributed by atoms with Gasteiger partial charge in [0, 0.05) is 47.9 Å². The van der Waals surface area contributed by atoms with Crippen molar-refractivity contribution in [3.05, 3.63) is 35.9 Å². The van der Waals surface area contributed by atoms with Crippen LogP contribution in [0.1, 0.15) is 11.5 Å². The molecule has 2 N–H and O–H groups in total. The van der Waals surface area contributed by atoms with Gasteiger partial charge in [0.1, 0.15) is 0 Å². The van der Waals surface area contributed by atoms with E-state index in [0.717, 1.165) is 36.7 Å². The second-order valence-corrected chi connectivity index (χ2v) is 6.68. The zero-order chi connectivity index (χ0) is 13.0. The molecule has 1 aromatic rings. The third-order valence-corrected chi connectivity index (χ3v) is 4.82. The van der Waals surface area contributed by atoms with E-state index in [2.05, 4.69) is 17.0 Å². The van der Waals surface area contributed by atoms with Gasteiger partial charge in [-0.1, -0.05) is 42.5 Å². The molecule has 0 spiro atoms. The smallest absolute Gasteiger partial charge is 0.0816 e. The molecule has 98 valence electrons. The number of hydrogen-bond acceptors (Lipinski definition) is 3. The van der Waals surface area contributed by atoms with Crippen LogP contribution in [-0.4, -0.2) is 45.2 Å². The lowest BCUT2D eigenvalue weighted by molar-refractivity contribution is 0.297. The third kappa shape index (κ3) is 3.60. The molecule has 1 unspecified atom stereocenters. The molecule has 1 aromatic carbocycles. The zero-order valence-corrected chi connectivity index (χ0v) is 11.9. The van der Waals surface area contributed by atoms with Gasteiger partial charge in [-0.05, 0) is 5.56 Å². The van der Waals surface area contributed by atoms with E-state index in [9.17, 15) is 4.21 Å². The Bertz CT molecular complexity index is 426. The van der Waals surface area contributed by atoms with Gasteiger partial charge in [-0.15, -0.1) is 0 Å². The van der Waals surface area contributed by atoms with Crippen LogP contribution in [0.3, 0.4) is 0 Å². The van der Waals surface area contributed by atoms with E-state index in [-0.39, 0.29) is 5.92 Å². The molecule has 0 amide bonds. The van der Waals surface area contributed by atoms with Crippen molar-refractivity contribution in [3.63, 3.8) is 0 Å². The summed E-state index contributed by atoms with van der Waals surface area (Å²) in [7, 11) is -0.637. The van der Waals surface area contributed by atoms with Gasteiger partial charge in [0.2, 0.25) is 0 Å². The lowest BCUT2D eigenvalue weighted by Crippen LogP contribution is -2.42. The predicted molar refractivity (Wildman–Crippen MR) is 80.3 cm³/mol. The lowest BCUT2D eigenvalue weighted by atomic mass is 9.98. The van der Waals surface area contributed by atoms with Crippen molar-refractivity contribution >= 4 is 28.0 Å². The van der Waals surface area contributed by atoms with Gasteiger partial charge in [-0.2, -0.15) is 0 Å². The van der Waals surface area contributed by atoms with Crippen LogP contribution in [0.5, 0.6) is 0 Å². The maximum atomic E-state index is 11.3. The average molecular weight is 282 g/mol. The average Bonchev–Trinajstić information content (AvgIpc) is 2.38. The quantitative estimate of drug-likeness (QED) is 0.841. The van der Waals surface area contributed by atoms with Crippen LogP contribution in [-0.2, 0) is 10.8 Å². The predicted octanol–water partition coefficient (Wildman–Crippen LogP) is 1.12. The first-order chi connectivity index (χ1) is 8.66. The van der Waals surface area contributed by atoms with Gasteiger partial charge in [-0.3, -0.25) is 4.21 Å². The highest BCUT2D eigenvalue weighted by Crippen LogP contribution is 2.18. The van der Waals surface area contributed by atoms with E-state index >= 15 is 0 Å². The summed E-state index contributed by atoms with van der Waals surface area (Å²) >= 11 is 5.18. The van der Waals surface area contributed by atoms with Gasteiger partial charge in [0.25, 0.3) is 0 Å². The topological polar surface area (TPSA) is 46.3 Å². The minimum absolute atomic E-state index is 0.0905. The van der Waals surface area contributed by atoms with E-state index in [1.165, 1.54) is 0 Å². The van der Waals surface area contributed by atoms with Gasteiger partial charge in [0.15, 0.2) is 0 Å². The van der Waals surface area contributed by atoms with Gasteiger partial charge in [-0.25, -0.2) is 0 Å². The maximum Gasteiger partial charge on any atom is 0.0816 e. The van der Waals surface area contributed by atoms with Crippen molar-refractivity contribution in [2.45, 2.75) is 5.92 Å². The fourth-order valence-corrected chi connectivity index (χ4v) is 3.50. The molecule has 2 rings (SSSR count). The highest BCUT2D eigenvalue weighted by Gasteiger charge is 2.21. The standard InChI is InChI=1S/C13H18N2OS2/c14-13(17)12(11-4-2-1-3-5-11)10-15-6-8-18(16)9-7-15/h1-5,12H,6-10H2,(H2,14,17). The summed E-state index contributed by atoms with van der Waals surface area (Å²) in [6.07, 6.45) is 0. The van der Waals surface area contributed by atoms with Crippen molar-refractivity contribution in [2.75, 3.05) is 31.1 Å². The van der Waals surface area contributed by atoms with E-state index in [0.29, 0.717) is 4.99 Å². The first-order valence-electron chi connectivity index (χ1n) is 6.08. The zero-order valence-electron chi connectivity index (χ0n) is 10.2. The second-order valence-electron chi connectivity index (χ2n) is 4.51. The Morgan fingerprint density at radius 1 is 1.33 bits per heavy atom. The van der Waals surface area contributed by atoms with Crippen LogP contribution in [0.2, 0.25) is 0 Å². The summed E-state index contributed by atoms with van der Waals surface area (Å²) in [6.45, 7) is 2.58. The summed E-state index contributed by atoms with van der Waals surface area (Å²) in [6, 6.07) is 10.1. The fraction of sp³-hybridized carbons (Fsp3) is 0.462. The maximum absolute atomic E-state index is 11.3. The number of nitrogens with two attached hydrogens (primary N) is 1. The Hall–Kier alpha value is -0.780. The van der Waals surface area contributed by atoms with Crippen molar-refractivity contribution in [3.8, 4) is 0 Å². The molecule has 18 heavy (non-hydrogen) atoms. The lowest BCUT2D eigenvalue weighted by Gasteiger charge is -2.29. The molecule has 3 nitrogen and oxygen atoms in total. The Balaban J connectivity index is 2.03. The SMILES string of the molecule is NC(=S)C(CN1CCS(=O)CC1)c1ccccc1. The highest BCUT2D eigenvalue weighted by molar-refractivity contribution is 7.85. The molecule has 0 aliphatic carbocycles. The minimum atomic E-state index is -0.637. The van der Waals surface area contributed by atoms with Crippen LogP contribution in [0.4, 0.5) is 0 Å². The number of benzene rings is 1. The van der Waals surface area contributed by atoms with Crippen LogP contribution in [0.25, 0.3) is 0 Å². The molecular weight excluding hydrogens is 264 g/mol. The number of nitrogens with zero attached hydrogens (tertiary/aromatic N) is 1. The van der Waals surface area contributed by atoms with Crippen molar-refractivity contribution in [1.29, 1.82) is 0 Å². The minimum Gasteiger partial charge on any atom is -0.393 e. The Morgan fingerprint density at radius 2 is 1.94 bits per heavy atom. The molecule has 0 aromatic heterocycles. The molecule has 5 heteroatoms. The van der Waals surface area contributed by atoms with E-state index in [4.69, 9.17) is 18.0 Å². The first-order valence-corrected chi connectivity index (χ1v) is 7.98. The molecule has 1 fully saturated rings. The number of thiocarbonyl (C=S) groups is 1. The van der Waals surface area contributed by atoms with Crippen LogP contribution in [0.15, 0.2) is 30.3 Å². The molecule has 1 aliphatic rings. The molecule has 0 bridgehead atoms.